The lowest BCUT2D eigenvalue weighted by molar-refractivity contribution is -0.121. The number of hydrogen-bond acceptors (Lipinski definition) is 4. The summed E-state index contributed by atoms with van der Waals surface area (Å²) in [4.78, 5) is 24.1. The normalized spacial score (nSPS) is 10.6. The fraction of sp³-hybridized carbons (Fsp3) is 0.273. The first kappa shape index (κ1) is 22.5. The van der Waals surface area contributed by atoms with Crippen molar-refractivity contribution >= 4 is 39.5 Å². The molecule has 2 amide bonds. The van der Waals surface area contributed by atoms with Gasteiger partial charge in [0.25, 0.3) is 0 Å². The van der Waals surface area contributed by atoms with Crippen LogP contribution in [0.5, 0.6) is 11.5 Å². The van der Waals surface area contributed by atoms with E-state index in [9.17, 15) is 9.59 Å². The van der Waals surface area contributed by atoms with Gasteiger partial charge in [-0.1, -0.05) is 22.0 Å². The molecule has 2 N–H and O–H groups in total. The lowest BCUT2D eigenvalue weighted by Crippen LogP contribution is -2.31. The number of amides is 2. The molecule has 0 spiro atoms. The molecular weight excluding hydrogens is 436 g/mol. The van der Waals surface area contributed by atoms with Crippen molar-refractivity contribution in [3.05, 3.63) is 58.1 Å². The smallest absolute Gasteiger partial charge is 0.244 e. The molecule has 6 nitrogen and oxygen atoms in total. The van der Waals surface area contributed by atoms with Crippen LogP contribution in [0, 0.1) is 6.92 Å². The van der Waals surface area contributed by atoms with Crippen LogP contribution in [0.2, 0.25) is 0 Å². The molecule has 0 aliphatic carbocycles. The molecule has 2 rings (SSSR count). The molecule has 29 heavy (non-hydrogen) atoms. The monoisotopic (exact) mass is 460 g/mol. The second-order valence-electron chi connectivity index (χ2n) is 6.13. The van der Waals surface area contributed by atoms with Crippen LogP contribution in [0.1, 0.15) is 25.0 Å². The van der Waals surface area contributed by atoms with Crippen LogP contribution < -0.4 is 20.1 Å². The summed E-state index contributed by atoms with van der Waals surface area (Å²) in [7, 11) is 0. The summed E-state index contributed by atoms with van der Waals surface area (Å²) in [5.41, 5.74) is 2.43. The maximum absolute atomic E-state index is 12.1. The Kier molecular flexibility index (Phi) is 8.73. The highest BCUT2D eigenvalue weighted by Crippen LogP contribution is 2.29. The van der Waals surface area contributed by atoms with Crippen molar-refractivity contribution in [3.8, 4) is 11.5 Å². The third kappa shape index (κ3) is 7.27. The number of carbonyl (C=O) groups excluding carboxylic acids is 2. The predicted molar refractivity (Wildman–Crippen MR) is 118 cm³/mol. The van der Waals surface area contributed by atoms with Gasteiger partial charge in [-0.3, -0.25) is 9.59 Å². The fourth-order valence-electron chi connectivity index (χ4n) is 2.53. The van der Waals surface area contributed by atoms with E-state index in [0.717, 1.165) is 15.6 Å². The van der Waals surface area contributed by atoms with Crippen LogP contribution in [0.4, 0.5) is 5.69 Å². The Morgan fingerprint density at radius 2 is 1.76 bits per heavy atom. The summed E-state index contributed by atoms with van der Waals surface area (Å²) in [6.07, 6.45) is 3.04. The van der Waals surface area contributed by atoms with E-state index in [-0.39, 0.29) is 18.4 Å². The van der Waals surface area contributed by atoms with Crippen molar-refractivity contribution in [1.82, 2.24) is 5.32 Å². The van der Waals surface area contributed by atoms with Crippen LogP contribution in [-0.2, 0) is 9.59 Å². The topological polar surface area (TPSA) is 76.7 Å². The predicted octanol–water partition coefficient (Wildman–Crippen LogP) is 4.32. The molecule has 0 aliphatic rings. The van der Waals surface area contributed by atoms with E-state index in [4.69, 9.17) is 9.47 Å². The van der Waals surface area contributed by atoms with Gasteiger partial charge in [-0.2, -0.15) is 0 Å². The lowest BCUT2D eigenvalue weighted by atomic mass is 10.2. The Balaban J connectivity index is 1.90. The van der Waals surface area contributed by atoms with Crippen LogP contribution in [-0.4, -0.2) is 31.6 Å². The van der Waals surface area contributed by atoms with Gasteiger partial charge in [-0.05, 0) is 68.3 Å². The number of benzene rings is 2. The van der Waals surface area contributed by atoms with Gasteiger partial charge < -0.3 is 20.1 Å². The Morgan fingerprint density at radius 3 is 2.45 bits per heavy atom. The maximum atomic E-state index is 12.1. The zero-order valence-electron chi connectivity index (χ0n) is 16.8. The number of rotatable bonds is 9. The molecule has 0 saturated carbocycles. The number of nitrogens with one attached hydrogen (secondary N) is 2. The van der Waals surface area contributed by atoms with Crippen molar-refractivity contribution in [1.29, 1.82) is 0 Å². The van der Waals surface area contributed by atoms with E-state index in [1.54, 1.807) is 24.3 Å². The van der Waals surface area contributed by atoms with Gasteiger partial charge in [0.2, 0.25) is 11.8 Å². The Bertz CT molecular complexity index is 896. The SMILES string of the molecule is CCOc1ccc(/C=C/C(=O)NCC(=O)Nc2ccc(Br)cc2C)cc1OCC. The quantitative estimate of drug-likeness (QED) is 0.546. The van der Waals surface area contributed by atoms with Gasteiger partial charge >= 0.3 is 0 Å². The van der Waals surface area contributed by atoms with E-state index in [1.165, 1.54) is 6.08 Å². The number of aryl methyl sites for hydroxylation is 1. The zero-order valence-corrected chi connectivity index (χ0v) is 18.3. The third-order valence-electron chi connectivity index (χ3n) is 3.88. The minimum Gasteiger partial charge on any atom is -0.490 e. The van der Waals surface area contributed by atoms with Gasteiger partial charge in [-0.25, -0.2) is 0 Å². The molecule has 0 atom stereocenters. The van der Waals surface area contributed by atoms with Crippen molar-refractivity contribution in [3.63, 3.8) is 0 Å². The minimum absolute atomic E-state index is 0.119. The lowest BCUT2D eigenvalue weighted by Gasteiger charge is -2.11. The van der Waals surface area contributed by atoms with E-state index in [1.807, 2.05) is 39.0 Å². The van der Waals surface area contributed by atoms with E-state index in [0.29, 0.717) is 30.4 Å². The van der Waals surface area contributed by atoms with Gasteiger partial charge in [0.1, 0.15) is 0 Å². The van der Waals surface area contributed by atoms with Crippen LogP contribution >= 0.6 is 15.9 Å². The fourth-order valence-corrected chi connectivity index (χ4v) is 3.01. The summed E-state index contributed by atoms with van der Waals surface area (Å²) in [6, 6.07) is 11.0. The highest BCUT2D eigenvalue weighted by Gasteiger charge is 2.07. The number of anilines is 1. The summed E-state index contributed by atoms with van der Waals surface area (Å²) < 4.78 is 12.0. The summed E-state index contributed by atoms with van der Waals surface area (Å²) in [5.74, 6) is 0.633. The largest absolute Gasteiger partial charge is 0.490 e. The molecule has 0 aliphatic heterocycles. The van der Waals surface area contributed by atoms with E-state index < -0.39 is 0 Å². The standard InChI is InChI=1S/C22H25BrN2O4/c1-4-28-19-10-6-16(13-20(19)29-5-2)7-11-21(26)24-14-22(27)25-18-9-8-17(23)12-15(18)3/h6-13H,4-5,14H2,1-3H3,(H,24,26)(H,25,27)/b11-7+. The van der Waals surface area contributed by atoms with Gasteiger partial charge in [0.15, 0.2) is 11.5 Å². The molecule has 0 bridgehead atoms. The number of hydrogen-bond donors (Lipinski definition) is 2. The minimum atomic E-state index is -0.362. The molecule has 0 fully saturated rings. The zero-order chi connectivity index (χ0) is 21.2. The average Bonchev–Trinajstić information content (AvgIpc) is 2.69. The maximum Gasteiger partial charge on any atom is 0.244 e. The van der Waals surface area contributed by atoms with Crippen molar-refractivity contribution in [2.24, 2.45) is 0 Å². The highest BCUT2D eigenvalue weighted by molar-refractivity contribution is 9.10. The summed E-state index contributed by atoms with van der Waals surface area (Å²) in [5, 5.41) is 5.35. The number of halogens is 1. The molecule has 154 valence electrons. The summed E-state index contributed by atoms with van der Waals surface area (Å²) in [6.45, 7) is 6.63. The van der Waals surface area contributed by atoms with Gasteiger partial charge in [-0.15, -0.1) is 0 Å². The highest BCUT2D eigenvalue weighted by atomic mass is 79.9. The summed E-state index contributed by atoms with van der Waals surface area (Å²) >= 11 is 3.38. The molecule has 0 saturated heterocycles. The van der Waals surface area contributed by atoms with Gasteiger partial charge in [0.05, 0.1) is 19.8 Å². The number of ether oxygens (including phenoxy) is 2. The molecule has 7 heteroatoms. The third-order valence-corrected chi connectivity index (χ3v) is 4.37. The molecular formula is C22H25BrN2O4. The number of carbonyl (C=O) groups is 2. The molecule has 2 aromatic carbocycles. The first-order valence-electron chi connectivity index (χ1n) is 9.34. The molecule has 2 aromatic rings. The first-order chi connectivity index (χ1) is 13.9. The average molecular weight is 461 g/mol. The van der Waals surface area contributed by atoms with Crippen molar-refractivity contribution in [2.75, 3.05) is 25.1 Å². The molecule has 0 unspecified atom stereocenters. The van der Waals surface area contributed by atoms with Crippen LogP contribution in [0.3, 0.4) is 0 Å². The van der Waals surface area contributed by atoms with E-state index >= 15 is 0 Å². The van der Waals surface area contributed by atoms with Crippen LogP contribution in [0.15, 0.2) is 46.9 Å². The van der Waals surface area contributed by atoms with Crippen LogP contribution in [0.25, 0.3) is 6.08 Å². The molecule has 0 heterocycles. The Labute approximate surface area is 179 Å². The molecule has 0 radical (unpaired) electrons. The first-order valence-corrected chi connectivity index (χ1v) is 10.1. The van der Waals surface area contributed by atoms with Gasteiger partial charge in [0, 0.05) is 16.2 Å². The second kappa shape index (κ2) is 11.3. The Hall–Kier alpha value is -2.80. The van der Waals surface area contributed by atoms with Crippen molar-refractivity contribution < 1.29 is 19.1 Å². The Morgan fingerprint density at radius 1 is 1.03 bits per heavy atom. The second-order valence-corrected chi connectivity index (χ2v) is 7.05. The van der Waals surface area contributed by atoms with Crippen molar-refractivity contribution in [2.45, 2.75) is 20.8 Å². The molecule has 0 aromatic heterocycles. The van der Waals surface area contributed by atoms with E-state index in [2.05, 4.69) is 26.6 Å².